The zero-order valence-corrected chi connectivity index (χ0v) is 13.2. The Morgan fingerprint density at radius 2 is 1.80 bits per heavy atom. The molecule has 0 bridgehead atoms. The quantitative estimate of drug-likeness (QED) is 0.751. The molecule has 1 N–H and O–H groups in total. The van der Waals surface area contributed by atoms with Gasteiger partial charge < -0.3 is 19.5 Å². The third kappa shape index (κ3) is 4.93. The fraction of sp³-hybridized carbons (Fsp3) is 0.625. The number of benzene rings is 1. The summed E-state index contributed by atoms with van der Waals surface area (Å²) in [6, 6.07) is 6.09. The first kappa shape index (κ1) is 16.6. The number of hydrogen-bond acceptors (Lipinski definition) is 4. The Balaban J connectivity index is 2.94. The molecule has 0 spiro atoms. The smallest absolute Gasteiger partial charge is 0.142 e. The minimum absolute atomic E-state index is 0.232. The number of rotatable bonds is 9. The van der Waals surface area contributed by atoms with E-state index in [-0.39, 0.29) is 6.04 Å². The molecule has 0 aliphatic rings. The van der Waals surface area contributed by atoms with Gasteiger partial charge in [0.2, 0.25) is 0 Å². The molecule has 1 aromatic carbocycles. The summed E-state index contributed by atoms with van der Waals surface area (Å²) in [5.41, 5.74) is 0.952. The molecule has 0 saturated heterocycles. The van der Waals surface area contributed by atoms with Gasteiger partial charge >= 0.3 is 0 Å². The Morgan fingerprint density at radius 3 is 2.35 bits per heavy atom. The molecule has 4 nitrogen and oxygen atoms in total. The van der Waals surface area contributed by atoms with Crippen LogP contribution in [0.5, 0.6) is 11.5 Å². The van der Waals surface area contributed by atoms with Crippen LogP contribution < -0.4 is 14.8 Å². The normalized spacial score (nSPS) is 12.3. The van der Waals surface area contributed by atoms with Gasteiger partial charge in [0.05, 0.1) is 31.5 Å². The van der Waals surface area contributed by atoms with E-state index in [0.717, 1.165) is 17.2 Å². The summed E-state index contributed by atoms with van der Waals surface area (Å²) in [5.74, 6) is 2.15. The van der Waals surface area contributed by atoms with Crippen molar-refractivity contribution in [2.75, 3.05) is 32.2 Å². The van der Waals surface area contributed by atoms with Crippen LogP contribution in [-0.2, 0) is 4.74 Å². The highest BCUT2D eigenvalue weighted by molar-refractivity contribution is 5.60. The molecule has 1 rings (SSSR count). The van der Waals surface area contributed by atoms with E-state index in [1.807, 2.05) is 32.0 Å². The summed E-state index contributed by atoms with van der Waals surface area (Å²) >= 11 is 0. The lowest BCUT2D eigenvalue weighted by atomic mass is 10.0. The second kappa shape index (κ2) is 8.69. The summed E-state index contributed by atoms with van der Waals surface area (Å²) in [6.45, 7) is 10.2. The molecule has 114 valence electrons. The third-order valence-corrected chi connectivity index (χ3v) is 3.05. The summed E-state index contributed by atoms with van der Waals surface area (Å²) in [5, 5.41) is 3.50. The van der Waals surface area contributed by atoms with Crippen molar-refractivity contribution in [3.8, 4) is 11.5 Å². The molecule has 20 heavy (non-hydrogen) atoms. The molecule has 0 radical (unpaired) electrons. The molecule has 0 heterocycles. The van der Waals surface area contributed by atoms with Gasteiger partial charge in [-0.05, 0) is 31.9 Å². The standard InChI is InChI=1S/C16H27NO3/c1-6-19-13-8-9-16(20-7-2)14(10-13)17-15(11-18-5)12(3)4/h8-10,12,15,17H,6-7,11H2,1-5H3. The van der Waals surface area contributed by atoms with Crippen molar-refractivity contribution >= 4 is 5.69 Å². The Bertz CT molecular complexity index is 393. The molecule has 0 amide bonds. The van der Waals surface area contributed by atoms with Crippen molar-refractivity contribution in [1.82, 2.24) is 0 Å². The molecule has 0 aliphatic heterocycles. The van der Waals surface area contributed by atoms with Crippen molar-refractivity contribution in [3.63, 3.8) is 0 Å². The number of ether oxygens (including phenoxy) is 3. The maximum absolute atomic E-state index is 5.67. The van der Waals surface area contributed by atoms with Crippen LogP contribution in [0.1, 0.15) is 27.7 Å². The lowest BCUT2D eigenvalue weighted by molar-refractivity contribution is 0.171. The molecule has 0 aliphatic carbocycles. The van der Waals surface area contributed by atoms with E-state index in [2.05, 4.69) is 19.2 Å². The largest absolute Gasteiger partial charge is 0.494 e. The lowest BCUT2D eigenvalue weighted by Crippen LogP contribution is -2.30. The van der Waals surface area contributed by atoms with Crippen molar-refractivity contribution in [2.24, 2.45) is 5.92 Å². The number of nitrogens with one attached hydrogen (secondary N) is 1. The maximum atomic E-state index is 5.67. The molecule has 1 unspecified atom stereocenters. The van der Waals surface area contributed by atoms with E-state index >= 15 is 0 Å². The lowest BCUT2D eigenvalue weighted by Gasteiger charge is -2.24. The highest BCUT2D eigenvalue weighted by atomic mass is 16.5. The summed E-state index contributed by atoms with van der Waals surface area (Å²) < 4.78 is 16.5. The van der Waals surface area contributed by atoms with Crippen LogP contribution in [0.3, 0.4) is 0 Å². The summed E-state index contributed by atoms with van der Waals surface area (Å²) in [6.07, 6.45) is 0. The fourth-order valence-electron chi connectivity index (χ4n) is 1.94. The molecule has 0 fully saturated rings. The summed E-state index contributed by atoms with van der Waals surface area (Å²) in [4.78, 5) is 0. The molecular formula is C16H27NO3. The SMILES string of the molecule is CCOc1ccc(OCC)c(NC(COC)C(C)C)c1. The Labute approximate surface area is 122 Å². The van der Waals surface area contributed by atoms with E-state index in [1.165, 1.54) is 0 Å². The van der Waals surface area contributed by atoms with Crippen LogP contribution in [0, 0.1) is 5.92 Å². The first-order valence-electron chi connectivity index (χ1n) is 7.27. The molecule has 0 saturated carbocycles. The van der Waals surface area contributed by atoms with Gasteiger partial charge in [-0.15, -0.1) is 0 Å². The topological polar surface area (TPSA) is 39.7 Å². The monoisotopic (exact) mass is 281 g/mol. The van der Waals surface area contributed by atoms with Gasteiger partial charge in [-0.1, -0.05) is 13.8 Å². The predicted molar refractivity (Wildman–Crippen MR) is 82.9 cm³/mol. The van der Waals surface area contributed by atoms with Crippen molar-refractivity contribution < 1.29 is 14.2 Å². The van der Waals surface area contributed by atoms with Crippen LogP contribution in [0.2, 0.25) is 0 Å². The minimum atomic E-state index is 0.232. The van der Waals surface area contributed by atoms with Crippen LogP contribution >= 0.6 is 0 Å². The highest BCUT2D eigenvalue weighted by Crippen LogP contribution is 2.30. The van der Waals surface area contributed by atoms with Crippen LogP contribution in [0.15, 0.2) is 18.2 Å². The molecular weight excluding hydrogens is 254 g/mol. The molecule has 1 atom stereocenters. The molecule has 0 aromatic heterocycles. The average Bonchev–Trinajstić information content (AvgIpc) is 2.41. The first-order valence-corrected chi connectivity index (χ1v) is 7.27. The van der Waals surface area contributed by atoms with Gasteiger partial charge in [0, 0.05) is 13.2 Å². The maximum Gasteiger partial charge on any atom is 0.142 e. The van der Waals surface area contributed by atoms with E-state index in [0.29, 0.717) is 25.7 Å². The number of hydrogen-bond donors (Lipinski definition) is 1. The molecule has 4 heteroatoms. The van der Waals surface area contributed by atoms with E-state index < -0.39 is 0 Å². The fourth-order valence-corrected chi connectivity index (χ4v) is 1.94. The summed E-state index contributed by atoms with van der Waals surface area (Å²) in [7, 11) is 1.72. The molecule has 1 aromatic rings. The van der Waals surface area contributed by atoms with Gasteiger partial charge in [-0.25, -0.2) is 0 Å². The van der Waals surface area contributed by atoms with Gasteiger partial charge in [0.15, 0.2) is 0 Å². The van der Waals surface area contributed by atoms with Crippen LogP contribution in [-0.4, -0.2) is 33.0 Å². The van der Waals surface area contributed by atoms with Crippen molar-refractivity contribution in [2.45, 2.75) is 33.7 Å². The minimum Gasteiger partial charge on any atom is -0.494 e. The van der Waals surface area contributed by atoms with Gasteiger partial charge in [-0.2, -0.15) is 0 Å². The van der Waals surface area contributed by atoms with Crippen molar-refractivity contribution in [1.29, 1.82) is 0 Å². The zero-order chi connectivity index (χ0) is 15.0. The predicted octanol–water partition coefficient (Wildman–Crippen LogP) is 3.57. The van der Waals surface area contributed by atoms with Gasteiger partial charge in [-0.3, -0.25) is 0 Å². The Hall–Kier alpha value is -1.42. The van der Waals surface area contributed by atoms with Crippen molar-refractivity contribution in [3.05, 3.63) is 18.2 Å². The zero-order valence-electron chi connectivity index (χ0n) is 13.2. The van der Waals surface area contributed by atoms with Gasteiger partial charge in [0.25, 0.3) is 0 Å². The number of anilines is 1. The Kier molecular flexibility index (Phi) is 7.23. The second-order valence-corrected chi connectivity index (χ2v) is 4.97. The third-order valence-electron chi connectivity index (χ3n) is 3.05. The van der Waals surface area contributed by atoms with Crippen LogP contribution in [0.25, 0.3) is 0 Å². The van der Waals surface area contributed by atoms with E-state index in [1.54, 1.807) is 7.11 Å². The van der Waals surface area contributed by atoms with Crippen LogP contribution in [0.4, 0.5) is 5.69 Å². The Morgan fingerprint density at radius 1 is 1.10 bits per heavy atom. The average molecular weight is 281 g/mol. The second-order valence-electron chi connectivity index (χ2n) is 4.97. The number of methoxy groups -OCH3 is 1. The first-order chi connectivity index (χ1) is 9.62. The van der Waals surface area contributed by atoms with Gasteiger partial charge in [0.1, 0.15) is 11.5 Å². The highest BCUT2D eigenvalue weighted by Gasteiger charge is 2.16. The van der Waals surface area contributed by atoms with E-state index in [9.17, 15) is 0 Å². The van der Waals surface area contributed by atoms with E-state index in [4.69, 9.17) is 14.2 Å².